The van der Waals surface area contributed by atoms with Crippen LogP contribution in [0.5, 0.6) is 23.0 Å². The zero-order valence-electron chi connectivity index (χ0n) is 44.8. The molecule has 0 aliphatic carbocycles. The van der Waals surface area contributed by atoms with E-state index in [-0.39, 0.29) is 30.2 Å². The molecular weight excluding hydrogens is 995 g/mol. The summed E-state index contributed by atoms with van der Waals surface area (Å²) in [5, 5.41) is 9.60. The van der Waals surface area contributed by atoms with E-state index < -0.39 is 23.1 Å². The van der Waals surface area contributed by atoms with Crippen molar-refractivity contribution >= 4 is 57.5 Å². The highest BCUT2D eigenvalue weighted by Crippen LogP contribution is 2.33. The van der Waals surface area contributed by atoms with Crippen molar-refractivity contribution in [1.29, 1.82) is 0 Å². The monoisotopic (exact) mass is 1060 g/mol. The minimum atomic E-state index is -0.628. The summed E-state index contributed by atoms with van der Waals surface area (Å²) < 4.78 is 31.3. The number of hydrogen-bond acceptors (Lipinski definition) is 15. The summed E-state index contributed by atoms with van der Waals surface area (Å²) in [6.07, 6.45) is 2.67. The van der Waals surface area contributed by atoms with E-state index in [1.165, 1.54) is 4.68 Å². The second-order valence-corrected chi connectivity index (χ2v) is 20.4. The van der Waals surface area contributed by atoms with Crippen LogP contribution in [0.15, 0.2) is 134 Å². The van der Waals surface area contributed by atoms with Crippen molar-refractivity contribution in [2.75, 3.05) is 68.8 Å². The molecule has 20 heteroatoms. The Morgan fingerprint density at radius 3 is 1.23 bits per heavy atom. The third-order valence-corrected chi connectivity index (χ3v) is 12.4. The average molecular weight is 1060 g/mol. The van der Waals surface area contributed by atoms with E-state index in [2.05, 4.69) is 19.8 Å². The van der Waals surface area contributed by atoms with Crippen LogP contribution in [-0.4, -0.2) is 134 Å². The van der Waals surface area contributed by atoms with Gasteiger partial charge in [-0.1, -0.05) is 36.4 Å². The van der Waals surface area contributed by atoms with Gasteiger partial charge in [0.15, 0.2) is 11.4 Å². The number of para-hydroxylation sites is 2. The van der Waals surface area contributed by atoms with Crippen molar-refractivity contribution in [3.8, 4) is 34.4 Å². The van der Waals surface area contributed by atoms with Crippen molar-refractivity contribution < 1.29 is 42.9 Å². The van der Waals surface area contributed by atoms with Crippen LogP contribution in [0.4, 0.5) is 21.0 Å². The first-order valence-electron chi connectivity index (χ1n) is 25.8. The Labute approximate surface area is 451 Å². The number of nitrogens with zero attached hydrogens (tertiary/aromatic N) is 10. The second-order valence-electron chi connectivity index (χ2n) is 20.4. The molecule has 0 unspecified atom stereocenters. The van der Waals surface area contributed by atoms with Gasteiger partial charge in [-0.05, 0) is 133 Å². The molecule has 8 aromatic rings. The van der Waals surface area contributed by atoms with E-state index in [1.54, 1.807) is 33.8 Å². The van der Waals surface area contributed by atoms with Crippen molar-refractivity contribution in [2.45, 2.75) is 59.7 Å². The molecule has 0 bridgehead atoms. The number of ether oxygens (including phenoxy) is 5. The predicted molar refractivity (Wildman–Crippen MR) is 295 cm³/mol. The second kappa shape index (κ2) is 23.0. The largest absolute Gasteiger partial charge is 0.461 e. The number of fused-ring (bicyclic) bond motifs is 2. The Balaban J connectivity index is 0.000000190. The smallest absolute Gasteiger partial charge is 0.410 e. The summed E-state index contributed by atoms with van der Waals surface area (Å²) in [6, 6.07) is 37.3. The summed E-state index contributed by atoms with van der Waals surface area (Å²) in [6.45, 7) is 17.5. The highest BCUT2D eigenvalue weighted by atomic mass is 16.6. The van der Waals surface area contributed by atoms with E-state index in [0.717, 1.165) is 22.9 Å². The van der Waals surface area contributed by atoms with Gasteiger partial charge in [0.1, 0.15) is 56.3 Å². The van der Waals surface area contributed by atoms with Crippen LogP contribution in [0.2, 0.25) is 0 Å². The maximum Gasteiger partial charge on any atom is 0.410 e. The Kier molecular flexibility index (Phi) is 15.8. The number of anilines is 2. The summed E-state index contributed by atoms with van der Waals surface area (Å²) in [7, 11) is 0. The maximum absolute atomic E-state index is 13.1. The van der Waals surface area contributed by atoms with Gasteiger partial charge in [0.25, 0.3) is 5.91 Å². The molecule has 2 N–H and O–H groups in total. The molecule has 6 heterocycles. The van der Waals surface area contributed by atoms with E-state index in [4.69, 9.17) is 39.6 Å². The Morgan fingerprint density at radius 2 is 0.859 bits per heavy atom. The van der Waals surface area contributed by atoms with E-state index in [1.807, 2.05) is 163 Å². The molecule has 78 heavy (non-hydrogen) atoms. The maximum atomic E-state index is 13.1. The third-order valence-electron chi connectivity index (χ3n) is 12.4. The first-order chi connectivity index (χ1) is 37.4. The molecule has 0 saturated carbocycles. The van der Waals surface area contributed by atoms with Gasteiger partial charge in [-0.25, -0.2) is 23.7 Å². The van der Waals surface area contributed by atoms with Gasteiger partial charge in [-0.2, -0.15) is 10.2 Å². The molecule has 0 radical (unpaired) electrons. The number of benzene rings is 4. The summed E-state index contributed by atoms with van der Waals surface area (Å²) >= 11 is 0. The number of esters is 1. The van der Waals surface area contributed by atoms with Crippen molar-refractivity contribution in [1.82, 2.24) is 39.3 Å². The van der Waals surface area contributed by atoms with Crippen LogP contribution in [-0.2, 0) is 14.2 Å². The molecule has 2 aliphatic rings. The van der Waals surface area contributed by atoms with E-state index >= 15 is 0 Å². The standard InChI is InChI=1S/C30H33N5O5.C28H30N6O4/c1-5-38-28(36)27-26-25(32-35(27)21-11-13-23(14-12-21)39-22-9-7-6-8-10-22)24(15-16-31-26)33-17-19-34(20-18-33)29(37)40-30(2,3)4;1-28(2,3)38-27(36)33-17-15-32(16-18-33)22-13-14-30-24-23(22)31-34(25(24)26(29)35)19-9-11-21(12-10-19)37-20-7-5-4-6-8-20/h6-16H,5,17-20H2,1-4H3;4-14H,15-18H2,1-3H3,(H2,29,35). The third kappa shape index (κ3) is 12.6. The summed E-state index contributed by atoms with van der Waals surface area (Å²) in [5.41, 5.74) is 10.2. The quantitative estimate of drug-likeness (QED) is 0.0942. The number of amides is 3. The van der Waals surface area contributed by atoms with Crippen molar-refractivity contribution in [2.24, 2.45) is 5.73 Å². The molecule has 10 rings (SSSR count). The lowest BCUT2D eigenvalue weighted by Crippen LogP contribution is -2.50. The first-order valence-corrected chi connectivity index (χ1v) is 25.8. The molecule has 2 saturated heterocycles. The van der Waals surface area contributed by atoms with Crippen molar-refractivity contribution in [3.63, 3.8) is 0 Å². The number of piperazine rings is 2. The fourth-order valence-electron chi connectivity index (χ4n) is 8.89. The topological polar surface area (TPSA) is 215 Å². The Hall–Kier alpha value is -9.20. The fourth-order valence-corrected chi connectivity index (χ4v) is 8.89. The molecule has 2 aliphatic heterocycles. The number of pyridine rings is 2. The number of hydrogen-bond donors (Lipinski definition) is 1. The highest BCUT2D eigenvalue weighted by molar-refractivity contribution is 6.06. The molecule has 3 amide bonds. The number of primary amides is 1. The molecule has 20 nitrogen and oxygen atoms in total. The van der Waals surface area contributed by atoms with Crippen LogP contribution in [0, 0.1) is 0 Å². The Bertz CT molecular complexity index is 3390. The van der Waals surface area contributed by atoms with E-state index in [9.17, 15) is 19.2 Å². The normalized spacial score (nSPS) is 13.9. The van der Waals surface area contributed by atoms with Gasteiger partial charge in [0.05, 0.1) is 29.4 Å². The zero-order valence-corrected chi connectivity index (χ0v) is 44.8. The Morgan fingerprint density at radius 1 is 0.487 bits per heavy atom. The van der Waals surface area contributed by atoms with Gasteiger partial charge in [-0.3, -0.25) is 14.8 Å². The minimum absolute atomic E-state index is 0.200. The average Bonchev–Trinajstić information content (AvgIpc) is 4.19. The van der Waals surface area contributed by atoms with Crippen LogP contribution in [0.3, 0.4) is 0 Å². The lowest BCUT2D eigenvalue weighted by molar-refractivity contribution is 0.0230. The van der Waals surface area contributed by atoms with Crippen LogP contribution >= 0.6 is 0 Å². The lowest BCUT2D eigenvalue weighted by Gasteiger charge is -2.36. The van der Waals surface area contributed by atoms with Gasteiger partial charge in [0.2, 0.25) is 0 Å². The molecule has 2 fully saturated rings. The van der Waals surface area contributed by atoms with Gasteiger partial charge in [0, 0.05) is 64.8 Å². The van der Waals surface area contributed by atoms with Crippen LogP contribution in [0.1, 0.15) is 69.4 Å². The zero-order chi connectivity index (χ0) is 55.1. The number of carbonyl (C=O) groups excluding carboxylic acids is 4. The highest BCUT2D eigenvalue weighted by Gasteiger charge is 2.31. The SMILES string of the molecule is CC(C)(C)OC(=O)N1CCN(c2ccnc3c(C(N)=O)n(-c4ccc(Oc5ccccc5)cc4)nc23)CC1.CCOC(=O)c1c2nccc(N3CCN(C(=O)OC(C)(C)C)CC3)c2nn1-c1ccc(Oc2ccccc2)cc1. The van der Waals surface area contributed by atoms with Gasteiger partial charge in [-0.15, -0.1) is 0 Å². The number of rotatable bonds is 11. The minimum Gasteiger partial charge on any atom is -0.461 e. The van der Waals surface area contributed by atoms with Gasteiger partial charge >= 0.3 is 18.2 Å². The lowest BCUT2D eigenvalue weighted by atomic mass is 10.2. The van der Waals surface area contributed by atoms with Crippen LogP contribution in [0.25, 0.3) is 33.4 Å². The summed E-state index contributed by atoms with van der Waals surface area (Å²) in [5.74, 6) is 1.63. The number of aromatic nitrogens is 6. The fraction of sp³-hybridized carbons (Fsp3) is 0.310. The molecule has 404 valence electrons. The summed E-state index contributed by atoms with van der Waals surface area (Å²) in [4.78, 5) is 67.3. The number of nitrogens with two attached hydrogens (primary N) is 1. The predicted octanol–water partition coefficient (Wildman–Crippen LogP) is 9.82. The van der Waals surface area contributed by atoms with Gasteiger partial charge < -0.3 is 49.0 Å². The molecular formula is C58H63N11O9. The molecule has 4 aromatic carbocycles. The number of carbonyl (C=O) groups is 4. The molecule has 0 atom stereocenters. The van der Waals surface area contributed by atoms with Crippen molar-refractivity contribution in [3.05, 3.63) is 145 Å². The van der Waals surface area contributed by atoms with E-state index in [0.29, 0.717) is 97.3 Å². The molecule has 0 spiro atoms. The first kappa shape index (κ1) is 53.6. The molecule has 4 aromatic heterocycles. The van der Waals surface area contributed by atoms with Crippen LogP contribution < -0.4 is 25.0 Å².